The summed E-state index contributed by atoms with van der Waals surface area (Å²) in [7, 11) is 0. The molecule has 0 unspecified atom stereocenters. The molecule has 1 aromatic rings. The highest BCUT2D eigenvalue weighted by atomic mass is 16.2. The number of hydrazone groups is 1. The average molecular weight is 317 g/mol. The number of hydrogen-bond acceptors (Lipinski definition) is 3. The number of aryl methyl sites for hydroxylation is 1. The molecule has 0 aromatic heterocycles. The summed E-state index contributed by atoms with van der Waals surface area (Å²) in [5, 5.41) is 4.05. The Labute approximate surface area is 138 Å². The minimum absolute atomic E-state index is 0.0152. The fraction of sp³-hybridized carbons (Fsp3) is 0.500. The SMILES string of the molecule is C/C(CC(=O)N(C(C)C)C(C)C)=N/NC(=O)c1ccccc1C. The van der Waals surface area contributed by atoms with Crippen LogP contribution >= 0.6 is 0 Å². The zero-order chi connectivity index (χ0) is 17.6. The molecule has 1 aromatic carbocycles. The van der Waals surface area contributed by atoms with Crippen LogP contribution in [-0.4, -0.2) is 34.5 Å². The molecule has 0 saturated heterocycles. The number of hydrogen-bond donors (Lipinski definition) is 1. The van der Waals surface area contributed by atoms with Crippen molar-refractivity contribution in [2.75, 3.05) is 0 Å². The fourth-order valence-electron chi connectivity index (χ4n) is 2.56. The minimum atomic E-state index is -0.264. The van der Waals surface area contributed by atoms with Gasteiger partial charge in [0.2, 0.25) is 5.91 Å². The number of rotatable bonds is 6. The zero-order valence-electron chi connectivity index (χ0n) is 14.9. The highest BCUT2D eigenvalue weighted by Crippen LogP contribution is 2.09. The van der Waals surface area contributed by atoms with E-state index in [4.69, 9.17) is 0 Å². The molecule has 126 valence electrons. The Kier molecular flexibility index (Phi) is 6.94. The van der Waals surface area contributed by atoms with Crippen LogP contribution in [0.25, 0.3) is 0 Å². The first-order chi connectivity index (χ1) is 10.7. The number of carbonyl (C=O) groups is 2. The predicted molar refractivity (Wildman–Crippen MR) is 93.5 cm³/mol. The molecule has 0 saturated carbocycles. The first kappa shape index (κ1) is 18.9. The van der Waals surface area contributed by atoms with Crippen molar-refractivity contribution in [2.24, 2.45) is 5.10 Å². The van der Waals surface area contributed by atoms with E-state index in [1.807, 2.05) is 57.7 Å². The Balaban J connectivity index is 2.69. The van der Waals surface area contributed by atoms with Crippen LogP contribution in [0.1, 0.15) is 57.0 Å². The van der Waals surface area contributed by atoms with Gasteiger partial charge in [-0.25, -0.2) is 5.43 Å². The summed E-state index contributed by atoms with van der Waals surface area (Å²) in [6.45, 7) is 11.6. The lowest BCUT2D eigenvalue weighted by atomic mass is 10.1. The fourth-order valence-corrected chi connectivity index (χ4v) is 2.56. The van der Waals surface area contributed by atoms with Crippen molar-refractivity contribution in [2.45, 2.75) is 60.0 Å². The van der Waals surface area contributed by atoms with Crippen LogP contribution in [0.4, 0.5) is 0 Å². The third-order valence-electron chi connectivity index (χ3n) is 3.55. The van der Waals surface area contributed by atoms with E-state index in [0.717, 1.165) is 5.56 Å². The molecule has 0 heterocycles. The second kappa shape index (κ2) is 8.46. The van der Waals surface area contributed by atoms with Gasteiger partial charge in [-0.2, -0.15) is 5.10 Å². The second-order valence-electron chi connectivity index (χ2n) is 6.27. The summed E-state index contributed by atoms with van der Waals surface area (Å²) in [6, 6.07) is 7.59. The number of carbonyl (C=O) groups excluding carboxylic acids is 2. The van der Waals surface area contributed by atoms with Gasteiger partial charge in [-0.3, -0.25) is 9.59 Å². The average Bonchev–Trinajstić information content (AvgIpc) is 2.44. The molecule has 23 heavy (non-hydrogen) atoms. The van der Waals surface area contributed by atoms with Crippen molar-refractivity contribution >= 4 is 17.5 Å². The largest absolute Gasteiger partial charge is 0.338 e. The Morgan fingerprint density at radius 1 is 1.13 bits per heavy atom. The number of benzene rings is 1. The van der Waals surface area contributed by atoms with Crippen molar-refractivity contribution in [3.05, 3.63) is 35.4 Å². The molecule has 1 rings (SSSR count). The van der Waals surface area contributed by atoms with Crippen molar-refractivity contribution in [1.29, 1.82) is 0 Å². The van der Waals surface area contributed by atoms with E-state index < -0.39 is 0 Å². The Morgan fingerprint density at radius 2 is 1.70 bits per heavy atom. The van der Waals surface area contributed by atoms with Crippen molar-refractivity contribution in [3.63, 3.8) is 0 Å². The van der Waals surface area contributed by atoms with E-state index in [0.29, 0.717) is 11.3 Å². The molecule has 0 aliphatic rings. The van der Waals surface area contributed by atoms with E-state index in [2.05, 4.69) is 10.5 Å². The van der Waals surface area contributed by atoms with Crippen LogP contribution < -0.4 is 5.43 Å². The van der Waals surface area contributed by atoms with Crippen LogP contribution in [0.2, 0.25) is 0 Å². The number of nitrogens with zero attached hydrogens (tertiary/aromatic N) is 2. The lowest BCUT2D eigenvalue weighted by Crippen LogP contribution is -2.42. The van der Waals surface area contributed by atoms with E-state index in [1.54, 1.807) is 13.0 Å². The summed E-state index contributed by atoms with van der Waals surface area (Å²) >= 11 is 0. The van der Waals surface area contributed by atoms with Gasteiger partial charge < -0.3 is 4.90 Å². The van der Waals surface area contributed by atoms with Gasteiger partial charge in [-0.05, 0) is 53.2 Å². The molecule has 0 aliphatic heterocycles. The zero-order valence-corrected chi connectivity index (χ0v) is 14.9. The maximum absolute atomic E-state index is 12.3. The second-order valence-corrected chi connectivity index (χ2v) is 6.27. The Morgan fingerprint density at radius 3 is 2.22 bits per heavy atom. The predicted octanol–water partition coefficient (Wildman–Crippen LogP) is 3.14. The van der Waals surface area contributed by atoms with Crippen molar-refractivity contribution in [3.8, 4) is 0 Å². The molecule has 2 amide bonds. The van der Waals surface area contributed by atoms with E-state index in [-0.39, 0.29) is 30.3 Å². The summed E-state index contributed by atoms with van der Waals surface area (Å²) in [4.78, 5) is 26.3. The lowest BCUT2D eigenvalue weighted by Gasteiger charge is -2.30. The molecule has 0 radical (unpaired) electrons. The van der Waals surface area contributed by atoms with E-state index in [9.17, 15) is 9.59 Å². The van der Waals surface area contributed by atoms with Crippen LogP contribution in [-0.2, 0) is 4.79 Å². The Bertz CT molecular complexity index is 584. The molecule has 0 atom stereocenters. The van der Waals surface area contributed by atoms with Gasteiger partial charge in [-0.1, -0.05) is 18.2 Å². The number of nitrogens with one attached hydrogen (secondary N) is 1. The van der Waals surface area contributed by atoms with Gasteiger partial charge in [0.15, 0.2) is 0 Å². The first-order valence-corrected chi connectivity index (χ1v) is 7.94. The normalized spacial score (nSPS) is 11.7. The smallest absolute Gasteiger partial charge is 0.271 e. The van der Waals surface area contributed by atoms with Crippen LogP contribution in [0.5, 0.6) is 0 Å². The van der Waals surface area contributed by atoms with Crippen LogP contribution in [0, 0.1) is 6.92 Å². The highest BCUT2D eigenvalue weighted by molar-refractivity contribution is 6.01. The monoisotopic (exact) mass is 317 g/mol. The summed E-state index contributed by atoms with van der Waals surface area (Å²) in [5.74, 6) is -0.249. The molecule has 0 spiro atoms. The van der Waals surface area contributed by atoms with Gasteiger partial charge in [0.05, 0.1) is 6.42 Å². The van der Waals surface area contributed by atoms with Gasteiger partial charge in [0, 0.05) is 23.4 Å². The van der Waals surface area contributed by atoms with Gasteiger partial charge in [0.25, 0.3) is 5.91 Å². The first-order valence-electron chi connectivity index (χ1n) is 7.94. The van der Waals surface area contributed by atoms with Gasteiger partial charge >= 0.3 is 0 Å². The topological polar surface area (TPSA) is 61.8 Å². The van der Waals surface area contributed by atoms with Crippen LogP contribution in [0.15, 0.2) is 29.4 Å². The molecule has 0 bridgehead atoms. The Hall–Kier alpha value is -2.17. The molecular weight excluding hydrogens is 290 g/mol. The van der Waals surface area contributed by atoms with E-state index >= 15 is 0 Å². The maximum Gasteiger partial charge on any atom is 0.271 e. The standard InChI is InChI=1S/C18H27N3O2/c1-12(2)21(13(3)4)17(22)11-15(6)19-20-18(23)16-10-8-7-9-14(16)5/h7-10,12-13H,11H2,1-6H3,(H,20,23)/b19-15-. The van der Waals surface area contributed by atoms with Gasteiger partial charge in [0.1, 0.15) is 0 Å². The summed E-state index contributed by atoms with van der Waals surface area (Å²) < 4.78 is 0. The lowest BCUT2D eigenvalue weighted by molar-refractivity contribution is -0.133. The number of amides is 2. The summed E-state index contributed by atoms with van der Waals surface area (Å²) in [6.07, 6.45) is 0.199. The molecule has 1 N–H and O–H groups in total. The van der Waals surface area contributed by atoms with Crippen LogP contribution in [0.3, 0.4) is 0 Å². The molecule has 0 fully saturated rings. The molecular formula is C18H27N3O2. The van der Waals surface area contributed by atoms with Crippen molar-refractivity contribution in [1.82, 2.24) is 10.3 Å². The summed E-state index contributed by atoms with van der Waals surface area (Å²) in [5.41, 5.74) is 4.58. The van der Waals surface area contributed by atoms with Crippen molar-refractivity contribution < 1.29 is 9.59 Å². The van der Waals surface area contributed by atoms with E-state index in [1.165, 1.54) is 0 Å². The van der Waals surface area contributed by atoms with Gasteiger partial charge in [-0.15, -0.1) is 0 Å². The highest BCUT2D eigenvalue weighted by Gasteiger charge is 2.20. The molecule has 5 heteroatoms. The third-order valence-corrected chi connectivity index (χ3v) is 3.55. The molecule has 0 aliphatic carbocycles. The third kappa shape index (κ3) is 5.51. The molecule has 5 nitrogen and oxygen atoms in total. The quantitative estimate of drug-likeness (QED) is 0.647. The maximum atomic E-state index is 12.3. The minimum Gasteiger partial charge on any atom is -0.338 e.